The minimum atomic E-state index is -4.54. The zero-order valence-electron chi connectivity index (χ0n) is 8.41. The molecule has 0 unspecified atom stereocenters. The predicted octanol–water partition coefficient (Wildman–Crippen LogP) is 4.18. The van der Waals surface area contributed by atoms with E-state index in [4.69, 9.17) is 0 Å². The topological polar surface area (TPSA) is 12.9 Å². The van der Waals surface area contributed by atoms with E-state index in [1.807, 2.05) is 13.8 Å². The first-order valence-electron chi connectivity index (χ1n) is 4.22. The van der Waals surface area contributed by atoms with Gasteiger partial charge in [0.05, 0.1) is 11.3 Å². The van der Waals surface area contributed by atoms with Crippen molar-refractivity contribution in [3.8, 4) is 0 Å². The van der Waals surface area contributed by atoms with Gasteiger partial charge in [-0.25, -0.2) is 9.37 Å². The van der Waals surface area contributed by atoms with E-state index < -0.39 is 17.6 Å². The molecule has 1 aromatic heterocycles. The molecule has 1 nitrogen and oxygen atoms in total. The molecule has 0 atom stereocenters. The van der Waals surface area contributed by atoms with Gasteiger partial charge in [0.2, 0.25) is 0 Å². The average Bonchev–Trinajstić information content (AvgIpc) is 2.13. The molecule has 0 saturated heterocycles. The summed E-state index contributed by atoms with van der Waals surface area (Å²) in [4.78, 5) is 3.43. The molecule has 15 heavy (non-hydrogen) atoms. The number of alkyl halides is 3. The van der Waals surface area contributed by atoms with E-state index in [0.717, 1.165) is 0 Å². The molecule has 6 heteroatoms. The number of halogens is 5. The van der Waals surface area contributed by atoms with Crippen molar-refractivity contribution in [3.05, 3.63) is 26.8 Å². The summed E-state index contributed by atoms with van der Waals surface area (Å²) in [5.74, 6) is -0.946. The number of aromatic nitrogens is 1. The molecule has 1 aromatic rings. The summed E-state index contributed by atoms with van der Waals surface area (Å²) < 4.78 is 49.1. The summed E-state index contributed by atoms with van der Waals surface area (Å²) in [7, 11) is 0. The normalized spacial score (nSPS) is 10.7. The molecular weight excluding hydrogens is 325 g/mol. The lowest BCUT2D eigenvalue weighted by Crippen LogP contribution is -2.10. The highest BCUT2D eigenvalue weighted by molar-refractivity contribution is 14.1. The number of hydrogen-bond acceptors (Lipinski definition) is 1. The fraction of sp³-hybridized carbons (Fsp3) is 0.444. The second kappa shape index (κ2) is 5.62. The van der Waals surface area contributed by atoms with Crippen LogP contribution >= 0.6 is 22.6 Å². The molecule has 0 fully saturated rings. The van der Waals surface area contributed by atoms with Crippen molar-refractivity contribution >= 4 is 22.6 Å². The molecule has 0 spiro atoms. The van der Waals surface area contributed by atoms with Gasteiger partial charge in [-0.2, -0.15) is 13.2 Å². The minimum absolute atomic E-state index is 0.0527. The summed E-state index contributed by atoms with van der Waals surface area (Å²) in [6, 6.07) is 0.462. The third-order valence-electron chi connectivity index (χ3n) is 1.43. The summed E-state index contributed by atoms with van der Waals surface area (Å²) in [5.41, 5.74) is -1.23. The molecular formula is C9H10F4IN. The number of aryl methyl sites for hydroxylation is 1. The van der Waals surface area contributed by atoms with E-state index >= 15 is 0 Å². The fourth-order valence-electron chi connectivity index (χ4n) is 0.839. The Morgan fingerprint density at radius 1 is 1.27 bits per heavy atom. The zero-order valence-corrected chi connectivity index (χ0v) is 10.6. The van der Waals surface area contributed by atoms with Gasteiger partial charge in [0.15, 0.2) is 5.82 Å². The van der Waals surface area contributed by atoms with E-state index in [2.05, 4.69) is 4.98 Å². The number of rotatable bonds is 0. The summed E-state index contributed by atoms with van der Waals surface area (Å²) in [6.07, 6.45) is -4.54. The first kappa shape index (κ1) is 14.6. The highest BCUT2D eigenvalue weighted by atomic mass is 127. The average molecular weight is 335 g/mol. The van der Waals surface area contributed by atoms with E-state index in [9.17, 15) is 17.6 Å². The van der Waals surface area contributed by atoms with Gasteiger partial charge in [0.25, 0.3) is 0 Å². The van der Waals surface area contributed by atoms with Crippen LogP contribution in [-0.4, -0.2) is 4.98 Å². The summed E-state index contributed by atoms with van der Waals surface area (Å²) in [6.45, 7) is 5.20. The second-order valence-corrected chi connectivity index (χ2v) is 3.41. The van der Waals surface area contributed by atoms with Crippen molar-refractivity contribution in [3.63, 3.8) is 0 Å². The minimum Gasteiger partial charge on any atom is -0.243 e. The number of hydrogen-bond donors (Lipinski definition) is 0. The van der Waals surface area contributed by atoms with Crippen molar-refractivity contribution in [2.75, 3.05) is 0 Å². The maximum atomic E-state index is 12.7. The Morgan fingerprint density at radius 2 is 1.73 bits per heavy atom. The second-order valence-electron chi connectivity index (χ2n) is 2.39. The van der Waals surface area contributed by atoms with Crippen molar-refractivity contribution < 1.29 is 17.6 Å². The molecule has 0 saturated carbocycles. The van der Waals surface area contributed by atoms with Crippen LogP contribution in [0.2, 0.25) is 0 Å². The SMILES string of the molecule is CC.Cc1nc(I)c(F)cc1C(F)(F)F. The largest absolute Gasteiger partial charge is 0.418 e. The molecule has 86 valence electrons. The van der Waals surface area contributed by atoms with E-state index in [-0.39, 0.29) is 9.39 Å². The Labute approximate surface area is 99.0 Å². The smallest absolute Gasteiger partial charge is 0.243 e. The highest BCUT2D eigenvalue weighted by Crippen LogP contribution is 2.31. The van der Waals surface area contributed by atoms with Crippen LogP contribution in [0, 0.1) is 16.4 Å². The van der Waals surface area contributed by atoms with Crippen LogP contribution < -0.4 is 0 Å². The summed E-state index contributed by atoms with van der Waals surface area (Å²) >= 11 is 1.54. The van der Waals surface area contributed by atoms with Gasteiger partial charge < -0.3 is 0 Å². The highest BCUT2D eigenvalue weighted by Gasteiger charge is 2.33. The Morgan fingerprint density at radius 3 is 2.13 bits per heavy atom. The number of pyridine rings is 1. The quantitative estimate of drug-likeness (QED) is 0.394. The molecule has 1 heterocycles. The molecule has 0 aliphatic carbocycles. The van der Waals surface area contributed by atoms with E-state index in [1.54, 1.807) is 22.6 Å². The van der Waals surface area contributed by atoms with Crippen LogP contribution in [0.5, 0.6) is 0 Å². The fourth-order valence-corrected chi connectivity index (χ4v) is 1.36. The molecule has 0 bridgehead atoms. The van der Waals surface area contributed by atoms with Crippen LogP contribution in [0.15, 0.2) is 6.07 Å². The number of nitrogens with zero attached hydrogens (tertiary/aromatic N) is 1. The maximum Gasteiger partial charge on any atom is 0.418 e. The molecule has 0 radical (unpaired) electrons. The lowest BCUT2D eigenvalue weighted by atomic mass is 10.2. The van der Waals surface area contributed by atoms with Gasteiger partial charge in [-0.15, -0.1) is 0 Å². The maximum absolute atomic E-state index is 12.7. The Balaban J connectivity index is 0.000000921. The Kier molecular flexibility index (Phi) is 5.47. The Hall–Kier alpha value is -0.400. The molecule has 0 amide bonds. The Bertz CT molecular complexity index is 336. The summed E-state index contributed by atoms with van der Waals surface area (Å²) in [5, 5.41) is 0. The van der Waals surface area contributed by atoms with Gasteiger partial charge in [-0.3, -0.25) is 0 Å². The van der Waals surface area contributed by atoms with Gasteiger partial charge in [-0.05, 0) is 35.6 Å². The third kappa shape index (κ3) is 3.92. The van der Waals surface area contributed by atoms with Crippen LogP contribution in [0.1, 0.15) is 25.1 Å². The van der Waals surface area contributed by atoms with Crippen molar-refractivity contribution in [1.82, 2.24) is 4.98 Å². The van der Waals surface area contributed by atoms with E-state index in [0.29, 0.717) is 6.07 Å². The van der Waals surface area contributed by atoms with Crippen LogP contribution in [0.3, 0.4) is 0 Å². The lowest BCUT2D eigenvalue weighted by Gasteiger charge is -2.09. The standard InChI is InChI=1S/C7H4F4IN.C2H6/c1-3-4(7(9,10)11)2-5(8)6(12)13-3;1-2/h2H,1H3;1-2H3. The molecule has 1 rings (SSSR count). The van der Waals surface area contributed by atoms with Crippen molar-refractivity contribution in [2.24, 2.45) is 0 Å². The van der Waals surface area contributed by atoms with Crippen LogP contribution in [0.25, 0.3) is 0 Å². The molecule has 0 aromatic carbocycles. The molecule has 0 N–H and O–H groups in total. The first-order valence-corrected chi connectivity index (χ1v) is 5.30. The van der Waals surface area contributed by atoms with Crippen LogP contribution in [-0.2, 0) is 6.18 Å². The van der Waals surface area contributed by atoms with Crippen molar-refractivity contribution in [2.45, 2.75) is 26.9 Å². The predicted molar refractivity (Wildman–Crippen MR) is 58.0 cm³/mol. The van der Waals surface area contributed by atoms with Gasteiger partial charge >= 0.3 is 6.18 Å². The van der Waals surface area contributed by atoms with Gasteiger partial charge in [0.1, 0.15) is 3.70 Å². The van der Waals surface area contributed by atoms with Gasteiger partial charge in [0, 0.05) is 0 Å². The molecule has 0 aliphatic rings. The van der Waals surface area contributed by atoms with E-state index in [1.165, 1.54) is 6.92 Å². The van der Waals surface area contributed by atoms with Gasteiger partial charge in [-0.1, -0.05) is 13.8 Å². The van der Waals surface area contributed by atoms with Crippen molar-refractivity contribution in [1.29, 1.82) is 0 Å². The first-order chi connectivity index (χ1) is 6.82. The zero-order chi connectivity index (χ0) is 12.2. The lowest BCUT2D eigenvalue weighted by molar-refractivity contribution is -0.138. The monoisotopic (exact) mass is 335 g/mol. The molecule has 0 aliphatic heterocycles. The van der Waals surface area contributed by atoms with Crippen LogP contribution in [0.4, 0.5) is 17.6 Å². The third-order valence-corrected chi connectivity index (χ3v) is 2.19.